The smallest absolute Gasteiger partial charge is 0.129 e. The Balaban J connectivity index is 2.10. The summed E-state index contributed by atoms with van der Waals surface area (Å²) in [5, 5.41) is 0.559. The lowest BCUT2D eigenvalue weighted by molar-refractivity contribution is 0.808. The highest BCUT2D eigenvalue weighted by Crippen LogP contribution is 2.46. The minimum absolute atomic E-state index is 0.559. The van der Waals surface area contributed by atoms with Crippen molar-refractivity contribution in [1.82, 2.24) is 4.98 Å². The summed E-state index contributed by atoms with van der Waals surface area (Å²) in [6.07, 6.45) is 3.06. The Morgan fingerprint density at radius 2 is 2.42 bits per heavy atom. The lowest BCUT2D eigenvalue weighted by atomic mass is 10.1. The van der Waals surface area contributed by atoms with Crippen molar-refractivity contribution in [2.24, 2.45) is 11.7 Å². The molecule has 2 nitrogen and oxygen atoms in total. The summed E-state index contributed by atoms with van der Waals surface area (Å²) in [7, 11) is 0. The first-order chi connectivity index (χ1) is 5.81. The van der Waals surface area contributed by atoms with E-state index < -0.39 is 0 Å². The van der Waals surface area contributed by atoms with Gasteiger partial charge in [0, 0.05) is 6.20 Å². The molecule has 2 atom stereocenters. The summed E-state index contributed by atoms with van der Waals surface area (Å²) in [5.41, 5.74) is 6.82. The average molecular weight is 183 g/mol. The van der Waals surface area contributed by atoms with E-state index in [1.165, 1.54) is 12.0 Å². The van der Waals surface area contributed by atoms with Crippen LogP contribution in [0, 0.1) is 5.92 Å². The minimum atomic E-state index is 0.559. The summed E-state index contributed by atoms with van der Waals surface area (Å²) < 4.78 is 0. The molecule has 0 bridgehead atoms. The largest absolute Gasteiger partial charge is 0.330 e. The number of rotatable bonds is 2. The third kappa shape index (κ3) is 1.45. The standard InChI is InChI=1S/C9H11ClN2/c10-9-2-1-6(5-12-9)8-3-7(8)4-11/h1-2,5,7-8H,3-4,11H2. The van der Waals surface area contributed by atoms with Gasteiger partial charge in [-0.05, 0) is 36.4 Å². The molecule has 12 heavy (non-hydrogen) atoms. The number of aromatic nitrogens is 1. The van der Waals surface area contributed by atoms with E-state index in [1.807, 2.05) is 18.3 Å². The number of hydrogen-bond donors (Lipinski definition) is 1. The Hall–Kier alpha value is -0.600. The van der Waals surface area contributed by atoms with Gasteiger partial charge in [-0.3, -0.25) is 0 Å². The van der Waals surface area contributed by atoms with E-state index in [1.54, 1.807) is 0 Å². The first-order valence-corrected chi connectivity index (χ1v) is 4.50. The third-order valence-electron chi connectivity index (χ3n) is 2.40. The van der Waals surface area contributed by atoms with Gasteiger partial charge >= 0.3 is 0 Å². The van der Waals surface area contributed by atoms with Crippen molar-refractivity contribution in [1.29, 1.82) is 0 Å². The van der Waals surface area contributed by atoms with Gasteiger partial charge in [0.05, 0.1) is 0 Å². The maximum Gasteiger partial charge on any atom is 0.129 e. The maximum absolute atomic E-state index is 5.67. The Kier molecular flexibility index (Phi) is 2.03. The highest BCUT2D eigenvalue weighted by Gasteiger charge is 2.36. The van der Waals surface area contributed by atoms with E-state index in [0.717, 1.165) is 6.54 Å². The van der Waals surface area contributed by atoms with Crippen molar-refractivity contribution >= 4 is 11.6 Å². The minimum Gasteiger partial charge on any atom is -0.330 e. The Morgan fingerprint density at radius 1 is 1.58 bits per heavy atom. The lowest BCUT2D eigenvalue weighted by Crippen LogP contribution is -2.01. The number of hydrogen-bond acceptors (Lipinski definition) is 2. The van der Waals surface area contributed by atoms with Crippen LogP contribution < -0.4 is 5.73 Å². The van der Waals surface area contributed by atoms with Gasteiger partial charge in [0.1, 0.15) is 5.15 Å². The summed E-state index contributed by atoms with van der Waals surface area (Å²) in [5.74, 6) is 1.31. The van der Waals surface area contributed by atoms with Crippen LogP contribution in [-0.4, -0.2) is 11.5 Å². The fraction of sp³-hybridized carbons (Fsp3) is 0.444. The van der Waals surface area contributed by atoms with Gasteiger partial charge < -0.3 is 5.73 Å². The van der Waals surface area contributed by atoms with Crippen molar-refractivity contribution in [3.63, 3.8) is 0 Å². The van der Waals surface area contributed by atoms with E-state index in [9.17, 15) is 0 Å². The van der Waals surface area contributed by atoms with Gasteiger partial charge in [-0.15, -0.1) is 0 Å². The molecule has 0 saturated heterocycles. The fourth-order valence-electron chi connectivity index (χ4n) is 1.52. The van der Waals surface area contributed by atoms with Crippen molar-refractivity contribution in [2.45, 2.75) is 12.3 Å². The van der Waals surface area contributed by atoms with Gasteiger partial charge in [0.25, 0.3) is 0 Å². The molecule has 2 N–H and O–H groups in total. The second kappa shape index (κ2) is 3.04. The molecule has 2 unspecified atom stereocenters. The predicted octanol–water partition coefficient (Wildman–Crippen LogP) is 1.80. The van der Waals surface area contributed by atoms with Gasteiger partial charge in [-0.1, -0.05) is 17.7 Å². The molecule has 2 rings (SSSR count). The normalized spacial score (nSPS) is 27.2. The monoisotopic (exact) mass is 182 g/mol. The van der Waals surface area contributed by atoms with Crippen molar-refractivity contribution < 1.29 is 0 Å². The average Bonchev–Trinajstić information content (AvgIpc) is 2.85. The molecule has 0 aromatic carbocycles. The maximum atomic E-state index is 5.67. The molecule has 0 radical (unpaired) electrons. The third-order valence-corrected chi connectivity index (χ3v) is 2.63. The summed E-state index contributed by atoms with van der Waals surface area (Å²) in [6.45, 7) is 0.785. The van der Waals surface area contributed by atoms with E-state index in [4.69, 9.17) is 17.3 Å². The summed E-state index contributed by atoms with van der Waals surface area (Å²) in [6, 6.07) is 3.87. The lowest BCUT2D eigenvalue weighted by Gasteiger charge is -1.97. The van der Waals surface area contributed by atoms with Crippen LogP contribution in [0.4, 0.5) is 0 Å². The quantitative estimate of drug-likeness (QED) is 0.709. The zero-order valence-corrected chi connectivity index (χ0v) is 7.46. The molecule has 0 aliphatic heterocycles. The summed E-state index contributed by atoms with van der Waals surface area (Å²) >= 11 is 5.67. The van der Waals surface area contributed by atoms with E-state index in [-0.39, 0.29) is 0 Å². The van der Waals surface area contributed by atoms with Crippen LogP contribution in [0.1, 0.15) is 17.9 Å². The Morgan fingerprint density at radius 3 is 2.92 bits per heavy atom. The molecule has 1 saturated carbocycles. The van der Waals surface area contributed by atoms with Crippen LogP contribution in [0.3, 0.4) is 0 Å². The molecule has 0 spiro atoms. The molecular weight excluding hydrogens is 172 g/mol. The van der Waals surface area contributed by atoms with Crippen LogP contribution in [0.5, 0.6) is 0 Å². The molecule has 1 heterocycles. The highest BCUT2D eigenvalue weighted by atomic mass is 35.5. The molecule has 1 fully saturated rings. The van der Waals surface area contributed by atoms with E-state index in [2.05, 4.69) is 4.98 Å². The van der Waals surface area contributed by atoms with Crippen LogP contribution in [0.25, 0.3) is 0 Å². The van der Waals surface area contributed by atoms with Crippen molar-refractivity contribution in [3.8, 4) is 0 Å². The second-order valence-corrected chi connectivity index (χ2v) is 3.64. The van der Waals surface area contributed by atoms with Gasteiger partial charge in [-0.2, -0.15) is 0 Å². The molecule has 64 valence electrons. The molecule has 1 aliphatic carbocycles. The van der Waals surface area contributed by atoms with Crippen molar-refractivity contribution in [2.75, 3.05) is 6.54 Å². The molecular formula is C9H11ClN2. The highest BCUT2D eigenvalue weighted by molar-refractivity contribution is 6.29. The number of nitrogens with two attached hydrogens (primary N) is 1. The van der Waals surface area contributed by atoms with Crippen molar-refractivity contribution in [3.05, 3.63) is 29.0 Å². The molecule has 0 amide bonds. The fourth-order valence-corrected chi connectivity index (χ4v) is 1.63. The number of pyridine rings is 1. The molecule has 3 heteroatoms. The molecule has 1 aromatic rings. The van der Waals surface area contributed by atoms with Crippen LogP contribution in [-0.2, 0) is 0 Å². The second-order valence-electron chi connectivity index (χ2n) is 3.25. The number of nitrogens with zero attached hydrogens (tertiary/aromatic N) is 1. The summed E-state index contributed by atoms with van der Waals surface area (Å²) in [4.78, 5) is 4.03. The topological polar surface area (TPSA) is 38.9 Å². The first-order valence-electron chi connectivity index (χ1n) is 4.13. The van der Waals surface area contributed by atoms with Crippen LogP contribution in [0.2, 0.25) is 5.15 Å². The van der Waals surface area contributed by atoms with Gasteiger partial charge in [0.2, 0.25) is 0 Å². The van der Waals surface area contributed by atoms with E-state index >= 15 is 0 Å². The van der Waals surface area contributed by atoms with Crippen LogP contribution >= 0.6 is 11.6 Å². The zero-order chi connectivity index (χ0) is 8.55. The predicted molar refractivity (Wildman–Crippen MR) is 49.1 cm³/mol. The Labute approximate surface area is 76.7 Å². The SMILES string of the molecule is NCC1CC1c1ccc(Cl)nc1. The first kappa shape index (κ1) is 8.02. The van der Waals surface area contributed by atoms with E-state index in [0.29, 0.717) is 17.0 Å². The Bertz CT molecular complexity index is 270. The molecule has 1 aromatic heterocycles. The molecule has 1 aliphatic rings. The zero-order valence-electron chi connectivity index (χ0n) is 6.70. The van der Waals surface area contributed by atoms with Gasteiger partial charge in [-0.25, -0.2) is 4.98 Å². The number of halogens is 1. The van der Waals surface area contributed by atoms with Gasteiger partial charge in [0.15, 0.2) is 0 Å². The van der Waals surface area contributed by atoms with Crippen LogP contribution in [0.15, 0.2) is 18.3 Å².